The van der Waals surface area contributed by atoms with Crippen LogP contribution < -0.4 is 26.5 Å². The topological polar surface area (TPSA) is 136 Å². The van der Waals surface area contributed by atoms with Gasteiger partial charge in [-0.3, -0.25) is 19.2 Å². The maximum Gasteiger partial charge on any atom is 0.320 e. The summed E-state index contributed by atoms with van der Waals surface area (Å²) in [5.41, 5.74) is 0. The molecule has 290 valence electrons. The molecule has 0 aromatic rings. The summed E-state index contributed by atoms with van der Waals surface area (Å²) in [5.74, 6) is -3.73. The third-order valence-electron chi connectivity index (χ3n) is 1.51. The Morgan fingerprint density at radius 1 is 0.605 bits per heavy atom. The van der Waals surface area contributed by atoms with Crippen LogP contribution in [0, 0.1) is 0 Å². The van der Waals surface area contributed by atoms with Crippen LogP contribution >= 0.6 is 226 Å². The summed E-state index contributed by atoms with van der Waals surface area (Å²) < 4.78 is 12.7. The average molecular weight is 2330 g/mol. The Balaban J connectivity index is -0.0000000181. The van der Waals surface area contributed by atoms with Gasteiger partial charge in [-0.15, -0.1) is 24.0 Å². The van der Waals surface area contributed by atoms with Gasteiger partial charge in [-0.05, 0) is 0 Å². The Labute approximate surface area is 415 Å². The van der Waals surface area contributed by atoms with Crippen LogP contribution in [-0.2, 0) is 33.4 Å². The van der Waals surface area contributed by atoms with Crippen LogP contribution in [0.5, 0.6) is 0 Å². The van der Waals surface area contributed by atoms with E-state index >= 15 is 0 Å². The number of carbonyl (C=O) groups is 4. The molecule has 0 amide bonds. The van der Waals surface area contributed by atoms with Crippen LogP contribution in [-0.4, -0.2) is 54.1 Å². The predicted octanol–water partition coefficient (Wildman–Crippen LogP) is 9.48. The maximum atomic E-state index is 10.9. The van der Waals surface area contributed by atoms with Crippen LogP contribution in [0.25, 0.3) is 0 Å². The summed E-state index contributed by atoms with van der Waals surface area (Å²) in [6.07, 6.45) is -1.38. The number of aliphatic hydroxyl groups is 2. The molecule has 0 aliphatic heterocycles. The minimum absolute atomic E-state index is 0. The fraction of sp³-hybridized carbons (Fsp3) is 0.789. The van der Waals surface area contributed by atoms with Gasteiger partial charge in [-0.2, -0.15) is 0 Å². The van der Waals surface area contributed by atoms with Crippen molar-refractivity contribution in [3.8, 4) is 0 Å². The molecule has 0 rings (SSSR count). The fourth-order valence-corrected chi connectivity index (χ4v) is 0.721. The summed E-state index contributed by atoms with van der Waals surface area (Å²) in [6.45, 7) is -2.41. The third kappa shape index (κ3) is 136. The van der Waals surface area contributed by atoms with Gasteiger partial charge in [0, 0.05) is 37.2 Å². The number of rotatable bonds is 9. The van der Waals surface area contributed by atoms with Crippen LogP contribution in [0.1, 0.15) is 87.1 Å². The summed E-state index contributed by atoms with van der Waals surface area (Å²) in [4.78, 5) is 43.0. The second-order valence-corrected chi connectivity index (χ2v) is 133. The minimum atomic E-state index is -1.02. The van der Waals surface area contributed by atoms with E-state index in [-0.39, 0.29) is 114 Å². The predicted molar refractivity (Wildman–Crippen MR) is 303 cm³/mol. The Kier molecular flexibility index (Phi) is 226. The number of ketones is 1. The van der Waals surface area contributed by atoms with Crippen LogP contribution in [0.2, 0.25) is 0 Å². The second-order valence-electron chi connectivity index (χ2n) is 3.28. The van der Waals surface area contributed by atoms with Crippen molar-refractivity contribution in [3.63, 3.8) is 0 Å². The molecule has 0 aromatic carbocycles. The first-order valence-corrected chi connectivity index (χ1v) is 69.0. The zero-order valence-electron chi connectivity index (χ0n) is 15.0. The summed E-state index contributed by atoms with van der Waals surface area (Å²) >= 11 is 25.3. The molecule has 0 saturated carbocycles. The molecule has 9 nitrogen and oxygen atoms in total. The monoisotopic (exact) mass is 2330 g/mol. The molecule has 0 aliphatic carbocycles. The zero-order chi connectivity index (χ0) is 26.5. The van der Waals surface area contributed by atoms with Crippen molar-refractivity contribution in [2.24, 2.45) is 0 Å². The normalized spacial score (nSPS) is 7.07. The van der Waals surface area contributed by atoms with Gasteiger partial charge in [0.15, 0.2) is 12.6 Å². The Hall–Kier alpha value is 8.95. The molecule has 0 fully saturated rings. The van der Waals surface area contributed by atoms with Gasteiger partial charge in [-0.1, -0.05) is 74.3 Å². The third-order valence-corrected chi connectivity index (χ3v) is 84.1. The fourth-order valence-electron chi connectivity index (χ4n) is 0.721. The van der Waals surface area contributed by atoms with Crippen LogP contribution in [0.15, 0.2) is 0 Å². The number of carbonyl (C=O) groups excluding carboxylic acids is 4. The Morgan fingerprint density at radius 3 is 1.05 bits per heavy atom. The molecule has 0 unspecified atom stereocenters. The van der Waals surface area contributed by atoms with Gasteiger partial charge in [0.25, 0.3) is 0 Å². The average Bonchev–Trinajstić information content (AvgIpc) is 2.70. The number of hydrogen-bond donors (Lipinski definition) is 2. The van der Waals surface area contributed by atoms with E-state index in [1.165, 1.54) is 0 Å². The number of halogens is 15. The number of ether oxygens (including phenoxy) is 3. The zero-order valence-corrected chi connectivity index (χ0v) is 47.5. The summed E-state index contributed by atoms with van der Waals surface area (Å²) in [5, 5.41) is 16.5. The smallest absolute Gasteiger partial charge is 0.320 e. The van der Waals surface area contributed by atoms with Gasteiger partial charge in [0.2, 0.25) is 6.79 Å². The van der Waals surface area contributed by atoms with Crippen molar-refractivity contribution >= 4 is 250 Å². The van der Waals surface area contributed by atoms with E-state index in [9.17, 15) is 19.2 Å². The Morgan fingerprint density at radius 2 is 0.837 bits per heavy atom. The van der Waals surface area contributed by atoms with Gasteiger partial charge in [0.05, 0.1) is 0 Å². The van der Waals surface area contributed by atoms with E-state index in [1.54, 1.807) is 0 Å². The summed E-state index contributed by atoms with van der Waals surface area (Å²) in [6, 6.07) is 0. The standard InChI is InChI=1S/C9H12O9.10CH4.I5.I4.I3.I2.HI/c10-3-6(12)1-7(13)17-5-18-9(15)2-8(14)16-4-11;;;;;;;;;;;1-4-5(2)3;1-4(2)3;1-3-2;1-2;/h10-11H,1-5H2;10*1H4;;;;;1H/q;;;;;;;;;;;-1;;-1;;. The number of esters is 3. The van der Waals surface area contributed by atoms with Gasteiger partial charge in [0.1, 0.15) is 19.4 Å². The van der Waals surface area contributed by atoms with Gasteiger partial charge in [-0.25, -0.2) is 0 Å². The van der Waals surface area contributed by atoms with Crippen LogP contribution in [0.3, 0.4) is 0 Å². The molecule has 24 heteroatoms. The van der Waals surface area contributed by atoms with Gasteiger partial charge < -0.3 is 24.4 Å². The van der Waals surface area contributed by atoms with Crippen molar-refractivity contribution < 1.29 is 70.1 Å². The second kappa shape index (κ2) is 93.1. The van der Waals surface area contributed by atoms with Crippen molar-refractivity contribution in [2.45, 2.75) is 87.1 Å². The largest absolute Gasteiger partial charge is 0.438 e. The van der Waals surface area contributed by atoms with E-state index in [1.807, 2.05) is 0 Å². The molecular weight excluding hydrogens is 2280 g/mol. The van der Waals surface area contributed by atoms with E-state index in [4.69, 9.17) is 10.2 Å². The molecule has 0 bridgehead atoms. The SMILES string of the molecule is C.C.C.C.C.C.C.C.C.C.I.II.II(I)I.I[I-]I.I[I-]I(I)I.O=C(CO)CC(=O)OCOC(=O)CC(=O)OCO. The first-order chi connectivity index (χ1) is 14.9. The molecule has 0 saturated heterocycles. The van der Waals surface area contributed by atoms with Gasteiger partial charge >= 0.3 is 209 Å². The quantitative estimate of drug-likeness (QED) is 0.100. The van der Waals surface area contributed by atoms with E-state index in [0.717, 1.165) is 0 Å². The first-order valence-electron chi connectivity index (χ1n) is 6.12. The van der Waals surface area contributed by atoms with Crippen LogP contribution in [0.4, 0.5) is 0 Å². The molecule has 43 heavy (non-hydrogen) atoms. The van der Waals surface area contributed by atoms with E-state index in [2.05, 4.69) is 200 Å². The summed E-state index contributed by atoms with van der Waals surface area (Å²) in [7, 11) is -0.599. The van der Waals surface area contributed by atoms with E-state index < -0.39 is 56.7 Å². The number of hydrogen-bond acceptors (Lipinski definition) is 9. The molecule has 0 aliphatic rings. The molecule has 0 spiro atoms. The molecule has 0 atom stereocenters. The van der Waals surface area contributed by atoms with E-state index in [0.29, 0.717) is 26.5 Å². The molecular formula is C19H53I15O9-2. The Bertz CT molecular complexity index is 468. The maximum absolute atomic E-state index is 10.9. The number of Topliss-reactive ketones (excluding diaryl/α,β-unsaturated/α-hetero) is 1. The molecule has 0 heterocycles. The van der Waals surface area contributed by atoms with Crippen molar-refractivity contribution in [3.05, 3.63) is 0 Å². The van der Waals surface area contributed by atoms with Crippen molar-refractivity contribution in [2.75, 3.05) is 20.2 Å². The molecule has 0 radical (unpaired) electrons. The first kappa shape index (κ1) is 104. The van der Waals surface area contributed by atoms with Crippen molar-refractivity contribution in [1.82, 2.24) is 0 Å². The van der Waals surface area contributed by atoms with Crippen molar-refractivity contribution in [1.29, 1.82) is 0 Å². The number of aliphatic hydroxyl groups excluding tert-OH is 2. The minimum Gasteiger partial charge on any atom is -0.438 e. The molecule has 0 aromatic heterocycles. The molecule has 2 N–H and O–H groups in total.